The van der Waals surface area contributed by atoms with E-state index in [2.05, 4.69) is 10.6 Å². The maximum Gasteiger partial charge on any atom is 0.260 e. The molecule has 4 nitrogen and oxygen atoms in total. The van der Waals surface area contributed by atoms with Gasteiger partial charge in [-0.3, -0.25) is 4.79 Å². The highest BCUT2D eigenvalue weighted by atomic mass is 35.5. The zero-order valence-electron chi connectivity index (χ0n) is 13.3. The Bertz CT molecular complexity index is 501. The molecule has 1 fully saturated rings. The zero-order valence-corrected chi connectivity index (χ0v) is 14.1. The molecule has 2 unspecified atom stereocenters. The standard InChI is InChI=1S/C17H25ClN2O2/c1-12-10-15(5-6-16(12)18)22-13(2)17(21)20-9-7-14-4-3-8-19-11-14/h5-6,10,13-14,19H,3-4,7-9,11H2,1-2H3,(H,20,21). The topological polar surface area (TPSA) is 50.4 Å². The van der Waals surface area contributed by atoms with E-state index in [0.717, 1.165) is 25.1 Å². The Kier molecular flexibility index (Phi) is 6.52. The summed E-state index contributed by atoms with van der Waals surface area (Å²) in [7, 11) is 0. The fraction of sp³-hybridized carbons (Fsp3) is 0.588. The normalized spacial score (nSPS) is 19.5. The van der Waals surface area contributed by atoms with Crippen LogP contribution in [0.5, 0.6) is 5.75 Å². The average molecular weight is 325 g/mol. The molecule has 1 aromatic rings. The van der Waals surface area contributed by atoms with Gasteiger partial charge < -0.3 is 15.4 Å². The number of hydrogen-bond acceptors (Lipinski definition) is 3. The van der Waals surface area contributed by atoms with Crippen molar-refractivity contribution in [3.05, 3.63) is 28.8 Å². The lowest BCUT2D eigenvalue weighted by molar-refractivity contribution is -0.127. The summed E-state index contributed by atoms with van der Waals surface area (Å²) in [6.45, 7) is 6.57. The third-order valence-electron chi connectivity index (χ3n) is 4.06. The second-order valence-corrected chi connectivity index (χ2v) is 6.37. The summed E-state index contributed by atoms with van der Waals surface area (Å²) < 4.78 is 5.67. The summed E-state index contributed by atoms with van der Waals surface area (Å²) in [4.78, 5) is 12.1. The highest BCUT2D eigenvalue weighted by Gasteiger charge is 2.16. The van der Waals surface area contributed by atoms with E-state index in [4.69, 9.17) is 16.3 Å². The van der Waals surface area contributed by atoms with Crippen molar-refractivity contribution < 1.29 is 9.53 Å². The van der Waals surface area contributed by atoms with Crippen molar-refractivity contribution in [3.63, 3.8) is 0 Å². The lowest BCUT2D eigenvalue weighted by Gasteiger charge is -2.23. The van der Waals surface area contributed by atoms with Crippen molar-refractivity contribution in [2.75, 3.05) is 19.6 Å². The first-order chi connectivity index (χ1) is 10.6. The van der Waals surface area contributed by atoms with Gasteiger partial charge in [-0.25, -0.2) is 0 Å². The van der Waals surface area contributed by atoms with Crippen LogP contribution in [0.3, 0.4) is 0 Å². The Labute approximate surface area is 137 Å². The van der Waals surface area contributed by atoms with Crippen LogP contribution in [-0.4, -0.2) is 31.6 Å². The first-order valence-corrected chi connectivity index (χ1v) is 8.35. The van der Waals surface area contributed by atoms with Crippen LogP contribution >= 0.6 is 11.6 Å². The lowest BCUT2D eigenvalue weighted by atomic mass is 9.96. The number of ether oxygens (including phenoxy) is 1. The number of nitrogens with one attached hydrogen (secondary N) is 2. The molecule has 0 spiro atoms. The second-order valence-electron chi connectivity index (χ2n) is 5.96. The molecule has 0 aromatic heterocycles. The van der Waals surface area contributed by atoms with E-state index in [1.54, 1.807) is 19.1 Å². The van der Waals surface area contributed by atoms with Gasteiger partial charge in [0.1, 0.15) is 5.75 Å². The highest BCUT2D eigenvalue weighted by Crippen LogP contribution is 2.21. The Morgan fingerprint density at radius 3 is 3.05 bits per heavy atom. The molecule has 0 aliphatic carbocycles. The Morgan fingerprint density at radius 1 is 1.55 bits per heavy atom. The van der Waals surface area contributed by atoms with Crippen LogP contribution in [0.4, 0.5) is 0 Å². The van der Waals surface area contributed by atoms with Gasteiger partial charge in [-0.05, 0) is 75.9 Å². The van der Waals surface area contributed by atoms with Crippen molar-refractivity contribution in [1.82, 2.24) is 10.6 Å². The maximum absolute atomic E-state index is 12.1. The molecule has 1 aliphatic heterocycles. The Hall–Kier alpha value is -1.26. The van der Waals surface area contributed by atoms with Crippen LogP contribution in [-0.2, 0) is 4.79 Å². The van der Waals surface area contributed by atoms with Crippen LogP contribution in [0, 0.1) is 12.8 Å². The minimum Gasteiger partial charge on any atom is -0.481 e. The predicted octanol–water partition coefficient (Wildman–Crippen LogP) is 2.92. The molecule has 0 saturated carbocycles. The predicted molar refractivity (Wildman–Crippen MR) is 89.5 cm³/mol. The largest absolute Gasteiger partial charge is 0.481 e. The third kappa shape index (κ3) is 5.18. The molecule has 1 amide bonds. The molecule has 1 saturated heterocycles. The molecule has 2 rings (SSSR count). The van der Waals surface area contributed by atoms with Gasteiger partial charge in [-0.15, -0.1) is 0 Å². The van der Waals surface area contributed by atoms with Crippen LogP contribution in [0.1, 0.15) is 31.7 Å². The first-order valence-electron chi connectivity index (χ1n) is 7.97. The lowest BCUT2D eigenvalue weighted by Crippen LogP contribution is -2.38. The summed E-state index contributed by atoms with van der Waals surface area (Å²) >= 11 is 5.98. The van der Waals surface area contributed by atoms with Gasteiger partial charge in [-0.1, -0.05) is 11.6 Å². The van der Waals surface area contributed by atoms with Gasteiger partial charge in [0.2, 0.25) is 0 Å². The molecule has 22 heavy (non-hydrogen) atoms. The van der Waals surface area contributed by atoms with E-state index in [9.17, 15) is 4.79 Å². The average Bonchev–Trinajstić information content (AvgIpc) is 2.52. The molecule has 0 bridgehead atoms. The van der Waals surface area contributed by atoms with Crippen LogP contribution in [0.25, 0.3) is 0 Å². The molecule has 5 heteroatoms. The summed E-state index contributed by atoms with van der Waals surface area (Å²) in [5.74, 6) is 1.27. The summed E-state index contributed by atoms with van der Waals surface area (Å²) in [5, 5.41) is 7.05. The van der Waals surface area contributed by atoms with Gasteiger partial charge in [0.15, 0.2) is 6.10 Å². The number of rotatable bonds is 6. The number of halogens is 1. The molecule has 2 atom stereocenters. The summed E-state index contributed by atoms with van der Waals surface area (Å²) in [6, 6.07) is 5.42. The minimum absolute atomic E-state index is 0.0728. The van der Waals surface area contributed by atoms with Crippen molar-refractivity contribution in [3.8, 4) is 5.75 Å². The fourth-order valence-electron chi connectivity index (χ4n) is 2.66. The van der Waals surface area contributed by atoms with Crippen LogP contribution in [0.2, 0.25) is 5.02 Å². The molecule has 1 heterocycles. The van der Waals surface area contributed by atoms with E-state index < -0.39 is 6.10 Å². The van der Waals surface area contributed by atoms with Crippen LogP contribution < -0.4 is 15.4 Å². The number of carbonyl (C=O) groups is 1. The van der Waals surface area contributed by atoms with Crippen molar-refractivity contribution >= 4 is 17.5 Å². The Morgan fingerprint density at radius 2 is 2.36 bits per heavy atom. The number of piperidine rings is 1. The highest BCUT2D eigenvalue weighted by molar-refractivity contribution is 6.31. The monoisotopic (exact) mass is 324 g/mol. The number of hydrogen-bond donors (Lipinski definition) is 2. The summed E-state index contributed by atoms with van der Waals surface area (Å²) in [6.07, 6.45) is 2.99. The molecular weight excluding hydrogens is 300 g/mol. The molecule has 122 valence electrons. The van der Waals surface area contributed by atoms with Gasteiger partial charge in [-0.2, -0.15) is 0 Å². The first kappa shape index (κ1) is 17.1. The number of carbonyl (C=O) groups excluding carboxylic acids is 1. The number of benzene rings is 1. The summed E-state index contributed by atoms with van der Waals surface area (Å²) in [5.41, 5.74) is 0.941. The maximum atomic E-state index is 12.1. The SMILES string of the molecule is Cc1cc(OC(C)C(=O)NCCC2CCCNC2)ccc1Cl. The van der Waals surface area contributed by atoms with E-state index >= 15 is 0 Å². The van der Waals surface area contributed by atoms with Gasteiger partial charge in [0, 0.05) is 11.6 Å². The smallest absolute Gasteiger partial charge is 0.260 e. The molecule has 1 aliphatic rings. The van der Waals surface area contributed by atoms with Crippen molar-refractivity contribution in [2.45, 2.75) is 39.2 Å². The number of amides is 1. The van der Waals surface area contributed by atoms with Gasteiger partial charge >= 0.3 is 0 Å². The van der Waals surface area contributed by atoms with Gasteiger partial charge in [0.25, 0.3) is 5.91 Å². The van der Waals surface area contributed by atoms with E-state index in [0.29, 0.717) is 23.2 Å². The molecule has 1 aromatic carbocycles. The molecule has 0 radical (unpaired) electrons. The van der Waals surface area contributed by atoms with Crippen molar-refractivity contribution in [1.29, 1.82) is 0 Å². The molecular formula is C17H25ClN2O2. The number of aryl methyl sites for hydroxylation is 1. The fourth-order valence-corrected chi connectivity index (χ4v) is 2.78. The quantitative estimate of drug-likeness (QED) is 0.846. The van der Waals surface area contributed by atoms with Crippen molar-refractivity contribution in [2.24, 2.45) is 5.92 Å². The van der Waals surface area contributed by atoms with Gasteiger partial charge in [0.05, 0.1) is 0 Å². The van der Waals surface area contributed by atoms with E-state index in [1.807, 2.05) is 13.0 Å². The van der Waals surface area contributed by atoms with E-state index in [-0.39, 0.29) is 5.91 Å². The van der Waals surface area contributed by atoms with E-state index in [1.165, 1.54) is 12.8 Å². The second kappa shape index (κ2) is 8.39. The molecule has 2 N–H and O–H groups in total. The van der Waals surface area contributed by atoms with Crippen LogP contribution in [0.15, 0.2) is 18.2 Å². The third-order valence-corrected chi connectivity index (χ3v) is 4.49. The zero-order chi connectivity index (χ0) is 15.9. The minimum atomic E-state index is -0.509. The Balaban J connectivity index is 1.73.